The Morgan fingerprint density at radius 1 is 1.14 bits per heavy atom. The quantitative estimate of drug-likeness (QED) is 0.630. The monoisotopic (exact) mass is 319 g/mol. The highest BCUT2D eigenvalue weighted by Gasteiger charge is 2.51. The fourth-order valence-electron chi connectivity index (χ4n) is 2.29. The number of nitrogens with zero attached hydrogens (tertiary/aromatic N) is 3. The molecule has 1 saturated heterocycles. The van der Waals surface area contributed by atoms with Crippen molar-refractivity contribution in [2.75, 3.05) is 0 Å². The smallest absolute Gasteiger partial charge is 0.399 e. The minimum absolute atomic E-state index is 0.386. The molecule has 2 aromatic heterocycles. The Morgan fingerprint density at radius 3 is 2.32 bits per heavy atom. The number of imidazole rings is 1. The topological polar surface area (TPSA) is 49.2 Å². The second-order valence-electron chi connectivity index (χ2n) is 6.59. The summed E-state index contributed by atoms with van der Waals surface area (Å²) in [6.45, 7) is 10.0. The molecule has 116 valence electrons. The van der Waals surface area contributed by atoms with E-state index in [-0.39, 0.29) is 11.2 Å². The Hall–Kier alpha value is -1.37. The lowest BCUT2D eigenvalue weighted by Gasteiger charge is -2.32. The van der Waals surface area contributed by atoms with Gasteiger partial charge in [-0.25, -0.2) is 9.97 Å². The predicted octanol–water partition coefficient (Wildman–Crippen LogP) is 2.53. The number of rotatable bonds is 2. The van der Waals surface area contributed by atoms with Crippen LogP contribution in [-0.4, -0.2) is 32.9 Å². The van der Waals surface area contributed by atoms with Gasteiger partial charge in [-0.2, -0.15) is 0 Å². The molecule has 22 heavy (non-hydrogen) atoms. The van der Waals surface area contributed by atoms with Crippen molar-refractivity contribution >= 4 is 24.2 Å². The van der Waals surface area contributed by atoms with E-state index in [4.69, 9.17) is 20.9 Å². The maximum absolute atomic E-state index is 6.22. The molecule has 0 bridgehead atoms. The molecule has 0 saturated carbocycles. The van der Waals surface area contributed by atoms with Crippen LogP contribution in [0.2, 0.25) is 5.15 Å². The van der Waals surface area contributed by atoms with Gasteiger partial charge in [0.05, 0.1) is 28.9 Å². The first-order valence-electron chi connectivity index (χ1n) is 7.22. The van der Waals surface area contributed by atoms with Gasteiger partial charge in [0.1, 0.15) is 0 Å². The molecule has 2 aromatic rings. The van der Waals surface area contributed by atoms with Crippen LogP contribution in [0.4, 0.5) is 0 Å². The van der Waals surface area contributed by atoms with Crippen molar-refractivity contribution < 1.29 is 9.31 Å². The van der Waals surface area contributed by atoms with E-state index >= 15 is 0 Å². The van der Waals surface area contributed by atoms with Crippen LogP contribution in [0, 0.1) is 6.92 Å². The molecule has 1 aliphatic rings. The van der Waals surface area contributed by atoms with Crippen LogP contribution < -0.4 is 5.46 Å². The Balaban J connectivity index is 1.97. The van der Waals surface area contributed by atoms with Gasteiger partial charge in [0.2, 0.25) is 0 Å². The normalized spacial score (nSPS) is 19.6. The van der Waals surface area contributed by atoms with Gasteiger partial charge in [-0.05, 0) is 40.7 Å². The molecule has 0 spiro atoms. The third-order valence-electron chi connectivity index (χ3n) is 4.36. The van der Waals surface area contributed by atoms with Gasteiger partial charge in [0.25, 0.3) is 0 Å². The second kappa shape index (κ2) is 5.08. The second-order valence-corrected chi connectivity index (χ2v) is 6.95. The number of halogens is 1. The molecule has 1 aliphatic heterocycles. The van der Waals surface area contributed by atoms with Crippen molar-refractivity contribution in [1.82, 2.24) is 14.5 Å². The standard InChI is InChI=1S/C15H19BClN3O2/c1-10-8-20(9-19-10)12-6-11(7-18-13(12)17)16-21-14(2,3)15(4,5)22-16/h6-9H,1-5H3. The van der Waals surface area contributed by atoms with Crippen LogP contribution in [0.25, 0.3) is 5.69 Å². The first kappa shape index (κ1) is 15.5. The summed E-state index contributed by atoms with van der Waals surface area (Å²) in [5.74, 6) is 0. The largest absolute Gasteiger partial charge is 0.496 e. The number of pyridine rings is 1. The summed E-state index contributed by atoms with van der Waals surface area (Å²) in [7, 11) is -0.460. The van der Waals surface area contributed by atoms with E-state index in [0.717, 1.165) is 16.8 Å². The molecule has 0 aliphatic carbocycles. The van der Waals surface area contributed by atoms with Gasteiger partial charge in [-0.3, -0.25) is 0 Å². The molecule has 0 N–H and O–H groups in total. The Labute approximate surface area is 135 Å². The number of hydrogen-bond acceptors (Lipinski definition) is 4. The third-order valence-corrected chi connectivity index (χ3v) is 4.65. The van der Waals surface area contributed by atoms with Gasteiger partial charge >= 0.3 is 7.12 Å². The number of aryl methyl sites for hydroxylation is 1. The summed E-state index contributed by atoms with van der Waals surface area (Å²) in [4.78, 5) is 8.48. The maximum Gasteiger partial charge on any atom is 0.496 e. The maximum atomic E-state index is 6.22. The van der Waals surface area contributed by atoms with E-state index in [1.165, 1.54) is 0 Å². The molecule has 0 atom stereocenters. The van der Waals surface area contributed by atoms with Crippen LogP contribution in [0.3, 0.4) is 0 Å². The van der Waals surface area contributed by atoms with Crippen molar-refractivity contribution in [3.05, 3.63) is 35.6 Å². The van der Waals surface area contributed by atoms with E-state index in [2.05, 4.69) is 9.97 Å². The summed E-state index contributed by atoms with van der Waals surface area (Å²) >= 11 is 6.22. The van der Waals surface area contributed by atoms with Crippen molar-refractivity contribution in [2.45, 2.75) is 45.8 Å². The minimum Gasteiger partial charge on any atom is -0.399 e. The van der Waals surface area contributed by atoms with Crippen molar-refractivity contribution in [3.8, 4) is 5.69 Å². The van der Waals surface area contributed by atoms with Crippen LogP contribution >= 0.6 is 11.6 Å². The van der Waals surface area contributed by atoms with Gasteiger partial charge < -0.3 is 13.9 Å². The fraction of sp³-hybridized carbons (Fsp3) is 0.467. The highest BCUT2D eigenvalue weighted by Crippen LogP contribution is 2.36. The molecular weight excluding hydrogens is 300 g/mol. The number of aromatic nitrogens is 3. The van der Waals surface area contributed by atoms with E-state index in [1.807, 2.05) is 51.4 Å². The molecule has 1 fully saturated rings. The summed E-state index contributed by atoms with van der Waals surface area (Å²) in [5, 5.41) is 0.415. The van der Waals surface area contributed by atoms with Gasteiger partial charge in [0, 0.05) is 17.9 Å². The summed E-state index contributed by atoms with van der Waals surface area (Å²) < 4.78 is 14.0. The van der Waals surface area contributed by atoms with Crippen LogP contribution in [0.15, 0.2) is 24.8 Å². The van der Waals surface area contributed by atoms with Crippen molar-refractivity contribution in [2.24, 2.45) is 0 Å². The lowest BCUT2D eigenvalue weighted by molar-refractivity contribution is 0.00578. The van der Waals surface area contributed by atoms with E-state index in [0.29, 0.717) is 5.15 Å². The van der Waals surface area contributed by atoms with E-state index in [9.17, 15) is 0 Å². The molecule has 3 heterocycles. The minimum atomic E-state index is -0.460. The summed E-state index contributed by atoms with van der Waals surface area (Å²) in [6.07, 6.45) is 5.31. The van der Waals surface area contributed by atoms with Crippen LogP contribution in [0.5, 0.6) is 0 Å². The fourth-order valence-corrected chi connectivity index (χ4v) is 2.50. The summed E-state index contributed by atoms with van der Waals surface area (Å²) in [6, 6.07) is 1.93. The lowest BCUT2D eigenvalue weighted by Crippen LogP contribution is -2.41. The molecule has 7 heteroatoms. The van der Waals surface area contributed by atoms with E-state index < -0.39 is 7.12 Å². The van der Waals surface area contributed by atoms with Crippen LogP contribution in [-0.2, 0) is 9.31 Å². The average Bonchev–Trinajstić information content (AvgIpc) is 2.92. The van der Waals surface area contributed by atoms with Gasteiger partial charge in [-0.15, -0.1) is 0 Å². The summed E-state index contributed by atoms with van der Waals surface area (Å²) in [5.41, 5.74) is 1.74. The number of hydrogen-bond donors (Lipinski definition) is 0. The predicted molar refractivity (Wildman–Crippen MR) is 86.8 cm³/mol. The van der Waals surface area contributed by atoms with E-state index in [1.54, 1.807) is 12.5 Å². The zero-order valence-corrected chi connectivity index (χ0v) is 14.2. The molecule has 0 unspecified atom stereocenters. The molecule has 0 amide bonds. The van der Waals surface area contributed by atoms with Gasteiger partial charge in [0.15, 0.2) is 5.15 Å². The molecule has 0 aromatic carbocycles. The molecule has 0 radical (unpaired) electrons. The SMILES string of the molecule is Cc1cn(-c2cc(B3OC(C)(C)C(C)(C)O3)cnc2Cl)cn1. The average molecular weight is 320 g/mol. The highest BCUT2D eigenvalue weighted by molar-refractivity contribution is 6.62. The molecule has 5 nitrogen and oxygen atoms in total. The Bertz CT molecular complexity index is 699. The van der Waals surface area contributed by atoms with Crippen LogP contribution in [0.1, 0.15) is 33.4 Å². The third kappa shape index (κ3) is 2.55. The lowest BCUT2D eigenvalue weighted by atomic mass is 9.80. The molecule has 3 rings (SSSR count). The first-order valence-corrected chi connectivity index (χ1v) is 7.59. The highest BCUT2D eigenvalue weighted by atomic mass is 35.5. The van der Waals surface area contributed by atoms with Crippen molar-refractivity contribution in [3.63, 3.8) is 0 Å². The first-order chi connectivity index (χ1) is 10.2. The molecular formula is C15H19BClN3O2. The zero-order valence-electron chi connectivity index (χ0n) is 13.4. The Morgan fingerprint density at radius 2 is 1.77 bits per heavy atom. The van der Waals surface area contributed by atoms with Gasteiger partial charge in [-0.1, -0.05) is 11.6 Å². The van der Waals surface area contributed by atoms with Crippen molar-refractivity contribution in [1.29, 1.82) is 0 Å². The zero-order chi connectivity index (χ0) is 16.1. The Kier molecular flexibility index (Phi) is 3.59.